The van der Waals surface area contributed by atoms with Crippen molar-refractivity contribution in [1.82, 2.24) is 24.5 Å². The number of piperazine rings is 1. The third-order valence-electron chi connectivity index (χ3n) is 7.54. The molecule has 0 radical (unpaired) electrons. The number of aromatic nitrogens is 2. The molecule has 0 spiro atoms. The van der Waals surface area contributed by atoms with Gasteiger partial charge < -0.3 is 14.5 Å². The minimum absolute atomic E-state index is 0.0508. The summed E-state index contributed by atoms with van der Waals surface area (Å²) in [5.74, 6) is 0.353. The van der Waals surface area contributed by atoms with Crippen molar-refractivity contribution in [1.29, 1.82) is 0 Å². The van der Waals surface area contributed by atoms with Crippen LogP contribution >= 0.6 is 0 Å². The minimum Gasteiger partial charge on any atom is -0.483 e. The van der Waals surface area contributed by atoms with E-state index in [1.54, 1.807) is 17.0 Å². The summed E-state index contributed by atoms with van der Waals surface area (Å²) in [6.07, 6.45) is 0. The van der Waals surface area contributed by atoms with E-state index in [1.165, 1.54) is 12.1 Å². The molecule has 198 valence electrons. The zero-order valence-electron chi connectivity index (χ0n) is 22.8. The van der Waals surface area contributed by atoms with Crippen LogP contribution in [0.25, 0.3) is 11.1 Å². The molecule has 1 amide bonds. The van der Waals surface area contributed by atoms with Gasteiger partial charge >= 0.3 is 0 Å². The van der Waals surface area contributed by atoms with Gasteiger partial charge in [0.05, 0.1) is 11.7 Å². The molecule has 0 saturated carbocycles. The first-order chi connectivity index (χ1) is 17.6. The maximum Gasteiger partial charge on any atom is 0.260 e. The monoisotopic (exact) mass is 507 g/mol. The van der Waals surface area contributed by atoms with E-state index in [9.17, 15) is 9.18 Å². The fourth-order valence-corrected chi connectivity index (χ4v) is 4.96. The van der Waals surface area contributed by atoms with Gasteiger partial charge in [-0.05, 0) is 63.2 Å². The lowest BCUT2D eigenvalue weighted by Gasteiger charge is -2.32. The van der Waals surface area contributed by atoms with Crippen LogP contribution in [0.4, 0.5) is 4.39 Å². The molecule has 0 bridgehead atoms. The van der Waals surface area contributed by atoms with Crippen LogP contribution in [0.5, 0.6) is 5.75 Å². The maximum absolute atomic E-state index is 13.5. The average Bonchev–Trinajstić information content (AvgIpc) is 3.14. The highest BCUT2D eigenvalue weighted by atomic mass is 19.1. The molecule has 1 saturated heterocycles. The Kier molecular flexibility index (Phi) is 8.29. The molecular formula is C29H38FN5O2. The number of aryl methyl sites for hydroxylation is 2. The lowest BCUT2D eigenvalue weighted by Crippen LogP contribution is -2.43. The number of benzene rings is 2. The first-order valence-corrected chi connectivity index (χ1v) is 12.8. The fourth-order valence-electron chi connectivity index (χ4n) is 4.96. The van der Waals surface area contributed by atoms with Crippen molar-refractivity contribution in [3.05, 3.63) is 70.8 Å². The molecule has 1 fully saturated rings. The summed E-state index contributed by atoms with van der Waals surface area (Å²) in [6, 6.07) is 12.4. The Morgan fingerprint density at radius 1 is 1.05 bits per heavy atom. The number of halogens is 1. The predicted octanol–water partition coefficient (Wildman–Crippen LogP) is 4.19. The van der Waals surface area contributed by atoms with E-state index in [4.69, 9.17) is 4.74 Å². The predicted molar refractivity (Wildman–Crippen MR) is 144 cm³/mol. The molecule has 1 aliphatic rings. The van der Waals surface area contributed by atoms with E-state index in [0.717, 1.165) is 66.4 Å². The highest BCUT2D eigenvalue weighted by Gasteiger charge is 2.24. The number of hydrogen-bond donors (Lipinski definition) is 0. The zero-order valence-corrected chi connectivity index (χ0v) is 22.8. The number of nitrogens with zero attached hydrogens (tertiary/aromatic N) is 5. The smallest absolute Gasteiger partial charge is 0.260 e. The number of carbonyl (C=O) groups is 1. The van der Waals surface area contributed by atoms with Gasteiger partial charge in [0.2, 0.25) is 0 Å². The summed E-state index contributed by atoms with van der Waals surface area (Å²) < 4.78 is 21.5. The summed E-state index contributed by atoms with van der Waals surface area (Å²) in [4.78, 5) is 19.6. The van der Waals surface area contributed by atoms with Crippen molar-refractivity contribution < 1.29 is 13.9 Å². The van der Waals surface area contributed by atoms with Gasteiger partial charge in [0.25, 0.3) is 5.91 Å². The Balaban J connectivity index is 1.51. The molecule has 0 aliphatic carbocycles. The van der Waals surface area contributed by atoms with Crippen molar-refractivity contribution >= 4 is 5.91 Å². The molecular weight excluding hydrogens is 469 g/mol. The highest BCUT2D eigenvalue weighted by molar-refractivity contribution is 5.78. The number of hydrogen-bond acceptors (Lipinski definition) is 5. The molecule has 8 heteroatoms. The van der Waals surface area contributed by atoms with Gasteiger partial charge in [0, 0.05) is 63.6 Å². The van der Waals surface area contributed by atoms with Crippen molar-refractivity contribution in [3.8, 4) is 16.9 Å². The summed E-state index contributed by atoms with van der Waals surface area (Å²) >= 11 is 0. The first-order valence-electron chi connectivity index (χ1n) is 12.8. The van der Waals surface area contributed by atoms with Gasteiger partial charge in [-0.1, -0.05) is 18.2 Å². The third kappa shape index (κ3) is 6.19. The largest absolute Gasteiger partial charge is 0.483 e. The number of amides is 1. The molecule has 1 aromatic heterocycles. The third-order valence-corrected chi connectivity index (χ3v) is 7.54. The number of carbonyl (C=O) groups excluding carboxylic acids is 1. The molecule has 7 nitrogen and oxygen atoms in total. The van der Waals surface area contributed by atoms with Gasteiger partial charge in [0.15, 0.2) is 6.61 Å². The normalized spacial score (nSPS) is 15.5. The quantitative estimate of drug-likeness (QED) is 0.458. The standard InChI is InChI=1S/C29H38FN5O2/c1-20-29(22(3)34(6)31-20)21(2)33(5)28(36)19-37-27-12-9-24(23-7-10-26(30)11-8-23)17-25(27)18-35-15-13-32(4)14-16-35/h7-12,17,21H,13-16,18-19H2,1-6H3/t21-/m1/s1. The van der Waals surface area contributed by atoms with E-state index in [-0.39, 0.29) is 24.4 Å². The van der Waals surface area contributed by atoms with Crippen LogP contribution in [0.1, 0.15) is 35.5 Å². The minimum atomic E-state index is -0.255. The lowest BCUT2D eigenvalue weighted by molar-refractivity contribution is -0.134. The molecule has 1 atom stereocenters. The van der Waals surface area contributed by atoms with Crippen LogP contribution in [0.15, 0.2) is 42.5 Å². The Bertz CT molecular complexity index is 1230. The Morgan fingerprint density at radius 3 is 2.32 bits per heavy atom. The van der Waals surface area contributed by atoms with Crippen molar-refractivity contribution in [3.63, 3.8) is 0 Å². The highest BCUT2D eigenvalue weighted by Crippen LogP contribution is 2.29. The van der Waals surface area contributed by atoms with Gasteiger partial charge in [0.1, 0.15) is 11.6 Å². The molecule has 37 heavy (non-hydrogen) atoms. The van der Waals surface area contributed by atoms with E-state index >= 15 is 0 Å². The van der Waals surface area contributed by atoms with E-state index in [1.807, 2.05) is 51.7 Å². The molecule has 0 N–H and O–H groups in total. The number of ether oxygens (including phenoxy) is 1. The maximum atomic E-state index is 13.5. The molecule has 2 aromatic carbocycles. The zero-order chi connectivity index (χ0) is 26.7. The second-order valence-corrected chi connectivity index (χ2v) is 10.1. The second-order valence-electron chi connectivity index (χ2n) is 10.1. The van der Waals surface area contributed by atoms with Crippen LogP contribution in [0.3, 0.4) is 0 Å². The number of likely N-dealkylation sites (N-methyl/N-ethyl adjacent to an activating group) is 2. The molecule has 4 rings (SSSR count). The van der Waals surface area contributed by atoms with Gasteiger partial charge in [-0.3, -0.25) is 14.4 Å². The second kappa shape index (κ2) is 11.4. The van der Waals surface area contributed by atoms with E-state index < -0.39 is 0 Å². The van der Waals surface area contributed by atoms with Crippen LogP contribution in [0.2, 0.25) is 0 Å². The summed E-state index contributed by atoms with van der Waals surface area (Å²) in [5.41, 5.74) is 6.01. The summed E-state index contributed by atoms with van der Waals surface area (Å²) in [5, 5.41) is 4.50. The van der Waals surface area contributed by atoms with Crippen LogP contribution in [0, 0.1) is 19.7 Å². The summed E-state index contributed by atoms with van der Waals surface area (Å²) in [7, 11) is 5.87. The lowest BCUT2D eigenvalue weighted by atomic mass is 10.0. The SMILES string of the molecule is Cc1nn(C)c(C)c1[C@@H](C)N(C)C(=O)COc1ccc(-c2ccc(F)cc2)cc1CN1CCN(C)CC1. The van der Waals surface area contributed by atoms with Gasteiger partial charge in [-0.2, -0.15) is 5.10 Å². The Hall–Kier alpha value is -3.23. The molecule has 3 aromatic rings. The topological polar surface area (TPSA) is 53.8 Å². The summed E-state index contributed by atoms with van der Waals surface area (Å²) in [6.45, 7) is 10.7. The van der Waals surface area contributed by atoms with Crippen molar-refractivity contribution in [2.24, 2.45) is 7.05 Å². The Labute approximate surface area is 219 Å². The first kappa shape index (κ1) is 26.8. The molecule has 2 heterocycles. The van der Waals surface area contributed by atoms with Crippen molar-refractivity contribution in [2.75, 3.05) is 46.9 Å². The van der Waals surface area contributed by atoms with Gasteiger partial charge in [-0.15, -0.1) is 0 Å². The molecule has 1 aliphatic heterocycles. The van der Waals surface area contributed by atoms with Gasteiger partial charge in [-0.25, -0.2) is 4.39 Å². The van der Waals surface area contributed by atoms with E-state index in [0.29, 0.717) is 5.75 Å². The Morgan fingerprint density at radius 2 is 1.70 bits per heavy atom. The average molecular weight is 508 g/mol. The van der Waals surface area contributed by atoms with Crippen LogP contribution < -0.4 is 4.74 Å². The number of rotatable bonds is 8. The van der Waals surface area contributed by atoms with Crippen LogP contribution in [-0.4, -0.2) is 77.3 Å². The van der Waals surface area contributed by atoms with Crippen LogP contribution in [-0.2, 0) is 18.4 Å². The van der Waals surface area contributed by atoms with E-state index in [2.05, 4.69) is 28.0 Å². The van der Waals surface area contributed by atoms with Crippen molar-refractivity contribution in [2.45, 2.75) is 33.4 Å². The molecule has 0 unspecified atom stereocenters. The fraction of sp³-hybridized carbons (Fsp3) is 0.448.